The van der Waals surface area contributed by atoms with Crippen molar-refractivity contribution in [1.29, 1.82) is 0 Å². The fourth-order valence-electron chi connectivity index (χ4n) is 10.2. The molecule has 49 heavy (non-hydrogen) atoms. The first-order valence-electron chi connectivity index (χ1n) is 17.7. The van der Waals surface area contributed by atoms with Gasteiger partial charge in [-0.05, 0) is 68.7 Å². The van der Waals surface area contributed by atoms with Crippen molar-refractivity contribution < 1.29 is 39.5 Å². The summed E-state index contributed by atoms with van der Waals surface area (Å²) in [5, 5.41) is 50.4. The highest BCUT2D eigenvalue weighted by Gasteiger charge is 2.69. The van der Waals surface area contributed by atoms with Gasteiger partial charge in [0.2, 0.25) is 0 Å². The normalized spacial score (nSPS) is 35.8. The lowest BCUT2D eigenvalue weighted by atomic mass is 9.50. The van der Waals surface area contributed by atoms with E-state index in [0.717, 1.165) is 11.1 Å². The Hall–Kier alpha value is -3.08. The SMILES string of the molecule is CCO[C@@H]1C[C@H](O)[C@]2(C)[C@@H]([C@H]1C)[C@H](C)[C@]1(C(C)(C)O)C[C@H](OC(=O)[C@H](O)[C@@H](NC(=O)c3ccccc3)c3ccccc3)C(C)=C1[C@H](C)[C@@H]2O. The van der Waals surface area contributed by atoms with E-state index in [9.17, 15) is 30.0 Å². The zero-order valence-corrected chi connectivity index (χ0v) is 30.1. The van der Waals surface area contributed by atoms with Gasteiger partial charge in [-0.25, -0.2) is 4.79 Å². The van der Waals surface area contributed by atoms with Crippen LogP contribution < -0.4 is 5.32 Å². The summed E-state index contributed by atoms with van der Waals surface area (Å²) in [5.74, 6) is -2.41. The molecule has 2 fully saturated rings. The molecule has 2 saturated carbocycles. The number of rotatable bonds is 9. The van der Waals surface area contributed by atoms with Gasteiger partial charge in [0.1, 0.15) is 6.10 Å². The zero-order chi connectivity index (χ0) is 36.1. The molecule has 0 spiro atoms. The largest absolute Gasteiger partial charge is 0.456 e. The van der Waals surface area contributed by atoms with E-state index in [0.29, 0.717) is 24.2 Å². The van der Waals surface area contributed by atoms with E-state index < -0.39 is 64.7 Å². The molecule has 0 bridgehead atoms. The van der Waals surface area contributed by atoms with Crippen molar-refractivity contribution >= 4 is 11.9 Å². The van der Waals surface area contributed by atoms with Gasteiger partial charge in [0.25, 0.3) is 5.91 Å². The molecule has 3 aliphatic carbocycles. The van der Waals surface area contributed by atoms with Crippen LogP contribution in [0.5, 0.6) is 0 Å². The molecular weight excluding hydrogens is 622 g/mol. The van der Waals surface area contributed by atoms with Gasteiger partial charge in [-0.15, -0.1) is 0 Å². The van der Waals surface area contributed by atoms with Gasteiger partial charge >= 0.3 is 5.97 Å². The maximum absolute atomic E-state index is 13.9. The highest BCUT2D eigenvalue weighted by atomic mass is 16.6. The van der Waals surface area contributed by atoms with E-state index in [-0.39, 0.29) is 30.3 Å². The van der Waals surface area contributed by atoms with E-state index in [4.69, 9.17) is 9.47 Å². The Balaban J connectivity index is 1.52. The summed E-state index contributed by atoms with van der Waals surface area (Å²) in [4.78, 5) is 27.1. The van der Waals surface area contributed by atoms with E-state index in [1.54, 1.807) is 68.4 Å². The lowest BCUT2D eigenvalue weighted by Crippen LogP contribution is -2.61. The third-order valence-corrected chi connectivity index (χ3v) is 12.6. The fourth-order valence-corrected chi connectivity index (χ4v) is 10.2. The number of hydrogen-bond donors (Lipinski definition) is 5. The number of amides is 1. The molecule has 9 heteroatoms. The first-order chi connectivity index (χ1) is 23.0. The number of carbonyl (C=O) groups is 2. The molecule has 0 saturated heterocycles. The Morgan fingerprint density at radius 2 is 1.61 bits per heavy atom. The second-order valence-corrected chi connectivity index (χ2v) is 15.4. The van der Waals surface area contributed by atoms with Gasteiger partial charge in [0, 0.05) is 41.8 Å². The number of benzene rings is 2. The predicted molar refractivity (Wildman–Crippen MR) is 186 cm³/mol. The standard InChI is InChI=1S/C40H55NO8/c1-9-48-28-20-30(42)39(8)32(22(28)2)25(5)40(38(6,7)47)21-29(23(3)31(40)24(4)35(39)44)49-37(46)34(43)33(26-16-12-10-13-17-26)41-36(45)27-18-14-11-15-19-27/h10-19,22,24-25,28-30,32-35,42-44,47H,9,20-21H2,1-8H3,(H,41,45)/t22-,24-,25-,28+,29-,30-,32-,33-,34+,35-,39+,40+/m0/s1. The smallest absolute Gasteiger partial charge is 0.338 e. The van der Waals surface area contributed by atoms with Crippen molar-refractivity contribution in [2.75, 3.05) is 6.61 Å². The van der Waals surface area contributed by atoms with Crippen LogP contribution in [0.3, 0.4) is 0 Å². The monoisotopic (exact) mass is 677 g/mol. The molecule has 12 atom stereocenters. The Labute approximate surface area is 290 Å². The Kier molecular flexibility index (Phi) is 10.6. The number of nitrogens with one attached hydrogen (secondary N) is 1. The van der Waals surface area contributed by atoms with Crippen LogP contribution in [-0.2, 0) is 14.3 Å². The number of aliphatic hydroxyl groups excluding tert-OH is 3. The molecule has 5 N–H and O–H groups in total. The van der Waals surface area contributed by atoms with Gasteiger partial charge in [0.05, 0.1) is 30.0 Å². The molecule has 268 valence electrons. The number of hydrogen-bond acceptors (Lipinski definition) is 8. The zero-order valence-electron chi connectivity index (χ0n) is 30.1. The van der Waals surface area contributed by atoms with Crippen LogP contribution >= 0.6 is 0 Å². The van der Waals surface area contributed by atoms with E-state index in [1.165, 1.54) is 0 Å². The topological polar surface area (TPSA) is 146 Å². The first-order valence-corrected chi connectivity index (χ1v) is 17.7. The maximum Gasteiger partial charge on any atom is 0.338 e. The summed E-state index contributed by atoms with van der Waals surface area (Å²) >= 11 is 0. The van der Waals surface area contributed by atoms with Crippen LogP contribution in [0.25, 0.3) is 0 Å². The lowest BCUT2D eigenvalue weighted by molar-refractivity contribution is -0.204. The second-order valence-electron chi connectivity index (χ2n) is 15.4. The highest BCUT2D eigenvalue weighted by Crippen LogP contribution is 2.68. The van der Waals surface area contributed by atoms with Crippen molar-refractivity contribution in [2.45, 2.75) is 110 Å². The van der Waals surface area contributed by atoms with E-state index in [2.05, 4.69) is 19.2 Å². The molecule has 2 aromatic rings. The number of ether oxygens (including phenoxy) is 2. The number of esters is 1. The van der Waals surface area contributed by atoms with Crippen molar-refractivity contribution in [3.05, 3.63) is 82.9 Å². The average Bonchev–Trinajstić information content (AvgIpc) is 3.35. The van der Waals surface area contributed by atoms with E-state index in [1.807, 2.05) is 33.8 Å². The molecule has 2 aromatic carbocycles. The summed E-state index contributed by atoms with van der Waals surface area (Å²) in [7, 11) is 0. The molecule has 5 rings (SSSR count). The number of aliphatic hydroxyl groups is 4. The van der Waals surface area contributed by atoms with Gasteiger partial charge in [-0.2, -0.15) is 0 Å². The van der Waals surface area contributed by atoms with Crippen LogP contribution in [0, 0.1) is 34.5 Å². The predicted octanol–water partition coefficient (Wildman–Crippen LogP) is 4.98. The van der Waals surface area contributed by atoms with Gasteiger partial charge in [-0.3, -0.25) is 4.79 Å². The quantitative estimate of drug-likeness (QED) is 0.185. The number of fused-ring (bicyclic) bond motifs is 2. The van der Waals surface area contributed by atoms with E-state index >= 15 is 0 Å². The van der Waals surface area contributed by atoms with Gasteiger partial charge < -0.3 is 35.2 Å². The highest BCUT2D eigenvalue weighted by molar-refractivity contribution is 5.95. The molecule has 0 unspecified atom stereocenters. The molecular formula is C40H55NO8. The molecule has 0 aliphatic heterocycles. The second kappa shape index (κ2) is 13.9. The van der Waals surface area contributed by atoms with Crippen LogP contribution in [0.2, 0.25) is 0 Å². The number of carbonyl (C=O) groups excluding carboxylic acids is 2. The van der Waals surface area contributed by atoms with Gasteiger partial charge in [-0.1, -0.05) is 81.8 Å². The third-order valence-electron chi connectivity index (χ3n) is 12.6. The summed E-state index contributed by atoms with van der Waals surface area (Å²) in [6.45, 7) is 15.9. The summed E-state index contributed by atoms with van der Waals surface area (Å²) in [6.07, 6.45) is -3.90. The van der Waals surface area contributed by atoms with Gasteiger partial charge in [0.15, 0.2) is 6.10 Å². The Morgan fingerprint density at radius 1 is 1.02 bits per heavy atom. The van der Waals surface area contributed by atoms with Crippen LogP contribution in [-0.4, -0.2) is 75.0 Å². The average molecular weight is 678 g/mol. The molecule has 1 amide bonds. The summed E-state index contributed by atoms with van der Waals surface area (Å²) in [6, 6.07) is 16.3. The lowest BCUT2D eigenvalue weighted by Gasteiger charge is -2.57. The summed E-state index contributed by atoms with van der Waals surface area (Å²) in [5.41, 5.74) is -0.684. The minimum Gasteiger partial charge on any atom is -0.456 e. The molecule has 0 heterocycles. The maximum atomic E-state index is 13.9. The van der Waals surface area contributed by atoms with Crippen molar-refractivity contribution in [3.63, 3.8) is 0 Å². The fraction of sp³-hybridized carbons (Fsp3) is 0.600. The third kappa shape index (κ3) is 6.16. The minimum absolute atomic E-state index is 0.0487. The van der Waals surface area contributed by atoms with Crippen LogP contribution in [0.15, 0.2) is 71.8 Å². The van der Waals surface area contributed by atoms with Crippen molar-refractivity contribution in [3.8, 4) is 0 Å². The Bertz CT molecular complexity index is 1520. The van der Waals surface area contributed by atoms with Crippen LogP contribution in [0.1, 0.15) is 90.2 Å². The first kappa shape index (κ1) is 37.2. The molecule has 9 nitrogen and oxygen atoms in total. The Morgan fingerprint density at radius 3 is 2.18 bits per heavy atom. The van der Waals surface area contributed by atoms with Crippen LogP contribution in [0.4, 0.5) is 0 Å². The molecule has 3 aliphatic rings. The molecule has 0 aromatic heterocycles. The van der Waals surface area contributed by atoms with Crippen molar-refractivity contribution in [1.82, 2.24) is 5.32 Å². The summed E-state index contributed by atoms with van der Waals surface area (Å²) < 4.78 is 12.3. The minimum atomic E-state index is -1.74. The van der Waals surface area contributed by atoms with Crippen molar-refractivity contribution in [2.24, 2.45) is 34.5 Å². The molecule has 0 radical (unpaired) electrons.